The predicted octanol–water partition coefficient (Wildman–Crippen LogP) is 1.34. The number of rotatable bonds is 5. The van der Waals surface area contributed by atoms with Crippen LogP contribution in [0.4, 0.5) is 0 Å². The normalized spacial score (nSPS) is 17.9. The Kier molecular flexibility index (Phi) is 3.32. The molecule has 1 aliphatic carbocycles. The molecule has 1 N–H and O–H groups in total. The van der Waals surface area contributed by atoms with Gasteiger partial charge < -0.3 is 5.32 Å². The second-order valence-corrected chi connectivity index (χ2v) is 4.61. The van der Waals surface area contributed by atoms with Gasteiger partial charge in [0, 0.05) is 18.9 Å². The summed E-state index contributed by atoms with van der Waals surface area (Å²) in [6.07, 6.45) is 8.85. The molecular weight excluding hydrogens is 226 g/mol. The average Bonchev–Trinajstić information content (AvgIpc) is 3.04. The van der Waals surface area contributed by atoms with Crippen molar-refractivity contribution in [3.8, 4) is 0 Å². The first-order valence-corrected chi connectivity index (χ1v) is 6.45. The van der Waals surface area contributed by atoms with Crippen molar-refractivity contribution in [2.24, 2.45) is 0 Å². The molecule has 0 amide bonds. The summed E-state index contributed by atoms with van der Waals surface area (Å²) in [6, 6.07) is 4.63. The van der Waals surface area contributed by atoms with Crippen LogP contribution in [0, 0.1) is 0 Å². The smallest absolute Gasteiger partial charge is 0.0692 e. The van der Waals surface area contributed by atoms with E-state index in [0.29, 0.717) is 6.04 Å². The maximum absolute atomic E-state index is 4.48. The van der Waals surface area contributed by atoms with Gasteiger partial charge in [0.15, 0.2) is 0 Å². The van der Waals surface area contributed by atoms with Gasteiger partial charge in [-0.3, -0.25) is 9.67 Å². The van der Waals surface area contributed by atoms with E-state index in [1.807, 2.05) is 23.1 Å². The van der Waals surface area contributed by atoms with E-state index in [0.717, 1.165) is 32.4 Å². The van der Waals surface area contributed by atoms with Crippen LogP contribution in [0.3, 0.4) is 0 Å². The van der Waals surface area contributed by atoms with Gasteiger partial charge in [-0.2, -0.15) is 0 Å². The average molecular weight is 243 g/mol. The van der Waals surface area contributed by atoms with E-state index in [1.54, 1.807) is 6.20 Å². The third kappa shape index (κ3) is 2.41. The van der Waals surface area contributed by atoms with Gasteiger partial charge in [0.25, 0.3) is 0 Å². The molecule has 94 valence electrons. The van der Waals surface area contributed by atoms with Gasteiger partial charge in [0.2, 0.25) is 0 Å². The SMILES string of the molecule is c1cnc2c(c1)CCC2NCCCn1ccnn1. The summed E-state index contributed by atoms with van der Waals surface area (Å²) in [5.74, 6) is 0. The Balaban J connectivity index is 1.47. The highest BCUT2D eigenvalue weighted by Gasteiger charge is 2.22. The molecule has 0 saturated heterocycles. The predicted molar refractivity (Wildman–Crippen MR) is 67.9 cm³/mol. The third-order valence-corrected chi connectivity index (χ3v) is 3.39. The fraction of sp³-hybridized carbons (Fsp3) is 0.462. The zero-order valence-electron chi connectivity index (χ0n) is 10.3. The van der Waals surface area contributed by atoms with Crippen LogP contribution >= 0.6 is 0 Å². The van der Waals surface area contributed by atoms with Crippen LogP contribution in [0.1, 0.15) is 30.1 Å². The zero-order valence-corrected chi connectivity index (χ0v) is 10.3. The lowest BCUT2D eigenvalue weighted by atomic mass is 10.2. The number of hydrogen-bond acceptors (Lipinski definition) is 4. The van der Waals surface area contributed by atoms with Crippen LogP contribution in [-0.4, -0.2) is 26.5 Å². The molecule has 0 bridgehead atoms. The Labute approximate surface area is 106 Å². The van der Waals surface area contributed by atoms with Gasteiger partial charge in [0.05, 0.1) is 17.9 Å². The van der Waals surface area contributed by atoms with Crippen LogP contribution in [0.25, 0.3) is 0 Å². The van der Waals surface area contributed by atoms with E-state index in [4.69, 9.17) is 0 Å². The third-order valence-electron chi connectivity index (χ3n) is 3.39. The molecule has 2 aromatic heterocycles. The van der Waals surface area contributed by atoms with Crippen LogP contribution in [-0.2, 0) is 13.0 Å². The van der Waals surface area contributed by atoms with E-state index in [9.17, 15) is 0 Å². The molecule has 0 radical (unpaired) electrons. The van der Waals surface area contributed by atoms with Gasteiger partial charge in [-0.15, -0.1) is 5.10 Å². The second kappa shape index (κ2) is 5.27. The summed E-state index contributed by atoms with van der Waals surface area (Å²) in [4.78, 5) is 4.48. The first kappa shape index (κ1) is 11.3. The summed E-state index contributed by atoms with van der Waals surface area (Å²) >= 11 is 0. The molecule has 0 fully saturated rings. The van der Waals surface area contributed by atoms with Crippen molar-refractivity contribution in [1.82, 2.24) is 25.3 Å². The molecule has 2 aromatic rings. The lowest BCUT2D eigenvalue weighted by Crippen LogP contribution is -2.22. The number of aromatic nitrogens is 4. The van der Waals surface area contributed by atoms with E-state index in [1.165, 1.54) is 11.3 Å². The molecular formula is C13H17N5. The number of hydrogen-bond donors (Lipinski definition) is 1. The molecule has 2 heterocycles. The van der Waals surface area contributed by atoms with Gasteiger partial charge in [-0.1, -0.05) is 11.3 Å². The van der Waals surface area contributed by atoms with E-state index in [-0.39, 0.29) is 0 Å². The summed E-state index contributed by atoms with van der Waals surface area (Å²) in [5.41, 5.74) is 2.63. The summed E-state index contributed by atoms with van der Waals surface area (Å²) in [5, 5.41) is 11.3. The van der Waals surface area contributed by atoms with E-state index in [2.05, 4.69) is 26.7 Å². The lowest BCUT2D eigenvalue weighted by Gasteiger charge is -2.12. The Morgan fingerprint density at radius 3 is 3.28 bits per heavy atom. The summed E-state index contributed by atoms with van der Waals surface area (Å²) in [6.45, 7) is 1.90. The van der Waals surface area contributed by atoms with Crippen LogP contribution < -0.4 is 5.32 Å². The fourth-order valence-electron chi connectivity index (χ4n) is 2.48. The number of pyridine rings is 1. The van der Waals surface area contributed by atoms with Gasteiger partial charge >= 0.3 is 0 Å². The molecule has 5 nitrogen and oxygen atoms in total. The molecule has 18 heavy (non-hydrogen) atoms. The van der Waals surface area contributed by atoms with Crippen LogP contribution in [0.15, 0.2) is 30.7 Å². The van der Waals surface area contributed by atoms with E-state index < -0.39 is 0 Å². The summed E-state index contributed by atoms with van der Waals surface area (Å²) in [7, 11) is 0. The van der Waals surface area contributed by atoms with Crippen molar-refractivity contribution in [1.29, 1.82) is 0 Å². The Morgan fingerprint density at radius 1 is 1.39 bits per heavy atom. The second-order valence-electron chi connectivity index (χ2n) is 4.61. The Bertz CT molecular complexity index is 494. The maximum atomic E-state index is 4.48. The van der Waals surface area contributed by atoms with E-state index >= 15 is 0 Å². The summed E-state index contributed by atoms with van der Waals surface area (Å²) < 4.78 is 1.86. The number of nitrogens with one attached hydrogen (secondary N) is 1. The van der Waals surface area contributed by atoms with Crippen molar-refractivity contribution < 1.29 is 0 Å². The molecule has 0 aliphatic heterocycles. The lowest BCUT2D eigenvalue weighted by molar-refractivity contribution is 0.476. The number of nitrogens with zero attached hydrogens (tertiary/aromatic N) is 4. The molecule has 1 unspecified atom stereocenters. The molecule has 5 heteroatoms. The monoisotopic (exact) mass is 243 g/mol. The molecule has 0 saturated carbocycles. The number of fused-ring (bicyclic) bond motifs is 1. The molecule has 1 atom stereocenters. The maximum Gasteiger partial charge on any atom is 0.0692 e. The minimum Gasteiger partial charge on any atom is -0.309 e. The number of aryl methyl sites for hydroxylation is 2. The van der Waals surface area contributed by atoms with Crippen molar-refractivity contribution in [2.75, 3.05) is 6.54 Å². The van der Waals surface area contributed by atoms with Crippen molar-refractivity contribution in [3.05, 3.63) is 42.0 Å². The molecule has 0 spiro atoms. The van der Waals surface area contributed by atoms with Crippen molar-refractivity contribution >= 4 is 0 Å². The van der Waals surface area contributed by atoms with Crippen molar-refractivity contribution in [3.63, 3.8) is 0 Å². The largest absolute Gasteiger partial charge is 0.309 e. The highest BCUT2D eigenvalue weighted by Crippen LogP contribution is 2.28. The van der Waals surface area contributed by atoms with Crippen LogP contribution in [0.2, 0.25) is 0 Å². The van der Waals surface area contributed by atoms with Gasteiger partial charge in [-0.05, 0) is 37.4 Å². The zero-order chi connectivity index (χ0) is 12.2. The first-order chi connectivity index (χ1) is 8.93. The van der Waals surface area contributed by atoms with Crippen molar-refractivity contribution in [2.45, 2.75) is 31.8 Å². The standard InChI is InChI=1S/C13H17N5/c1-3-11-4-5-12(13(11)15-6-1)14-7-2-9-18-10-8-16-17-18/h1,3,6,8,10,12,14H,2,4-5,7,9H2. The van der Waals surface area contributed by atoms with Gasteiger partial charge in [-0.25, -0.2) is 0 Å². The topological polar surface area (TPSA) is 55.6 Å². The molecule has 0 aromatic carbocycles. The Morgan fingerprint density at radius 2 is 2.39 bits per heavy atom. The molecule has 1 aliphatic rings. The highest BCUT2D eigenvalue weighted by atomic mass is 15.4. The first-order valence-electron chi connectivity index (χ1n) is 6.45. The van der Waals surface area contributed by atoms with Crippen LogP contribution in [0.5, 0.6) is 0 Å². The minimum atomic E-state index is 0.428. The Hall–Kier alpha value is -1.75. The molecule has 3 rings (SSSR count). The fourth-order valence-corrected chi connectivity index (χ4v) is 2.48. The highest BCUT2D eigenvalue weighted by molar-refractivity contribution is 5.27. The minimum absolute atomic E-state index is 0.428. The van der Waals surface area contributed by atoms with Gasteiger partial charge in [0.1, 0.15) is 0 Å². The quantitative estimate of drug-likeness (QED) is 0.805.